The molecular weight excluding hydrogens is 429 g/mol. The number of nitrogens with one attached hydrogen (secondary N) is 1. The highest BCUT2D eigenvalue weighted by molar-refractivity contribution is 5.51. The SMILES string of the molecule is Cc1c(OCc2ccc(Oc3cnc(C(F)(F)F)nc3)c(C#N)c2)nc(=O)n2c1NCC2. The normalized spacial score (nSPS) is 12.6. The van der Waals surface area contributed by atoms with E-state index in [0.717, 1.165) is 12.4 Å². The Morgan fingerprint density at radius 1 is 1.28 bits per heavy atom. The molecule has 1 aliphatic heterocycles. The molecule has 9 nitrogen and oxygen atoms in total. The fourth-order valence-electron chi connectivity index (χ4n) is 3.13. The van der Waals surface area contributed by atoms with Crippen LogP contribution in [0.4, 0.5) is 19.0 Å². The van der Waals surface area contributed by atoms with Gasteiger partial charge in [-0.1, -0.05) is 6.07 Å². The molecule has 0 unspecified atom stereocenters. The molecule has 3 heterocycles. The standard InChI is InChI=1S/C20H15F3N6O3/c1-11-16-25-4-5-29(16)19(30)28-17(11)31-10-12-2-3-15(13(6-12)7-24)32-14-8-26-18(27-9-14)20(21,22)23/h2-3,6,8-9,25H,4-5,10H2,1H3. The number of nitriles is 1. The third-order valence-corrected chi connectivity index (χ3v) is 4.65. The maximum absolute atomic E-state index is 12.6. The first-order valence-corrected chi connectivity index (χ1v) is 9.34. The van der Waals surface area contributed by atoms with Gasteiger partial charge in [0.15, 0.2) is 5.75 Å². The van der Waals surface area contributed by atoms with Crippen LogP contribution in [-0.2, 0) is 19.3 Å². The van der Waals surface area contributed by atoms with Gasteiger partial charge in [0, 0.05) is 13.1 Å². The van der Waals surface area contributed by atoms with Gasteiger partial charge in [0.2, 0.25) is 11.7 Å². The number of benzene rings is 1. The third kappa shape index (κ3) is 4.18. The Kier molecular flexibility index (Phi) is 5.40. The van der Waals surface area contributed by atoms with E-state index in [2.05, 4.69) is 20.3 Å². The van der Waals surface area contributed by atoms with Crippen molar-refractivity contribution in [2.24, 2.45) is 0 Å². The van der Waals surface area contributed by atoms with Gasteiger partial charge in [-0.05, 0) is 24.6 Å². The number of halogens is 3. The summed E-state index contributed by atoms with van der Waals surface area (Å²) in [6, 6.07) is 6.57. The van der Waals surface area contributed by atoms with Crippen molar-refractivity contribution in [1.29, 1.82) is 5.26 Å². The molecule has 0 saturated carbocycles. The van der Waals surface area contributed by atoms with Crippen molar-refractivity contribution in [2.75, 3.05) is 11.9 Å². The fraction of sp³-hybridized carbons (Fsp3) is 0.250. The van der Waals surface area contributed by atoms with Gasteiger partial charge in [0.05, 0.1) is 23.5 Å². The van der Waals surface area contributed by atoms with E-state index in [-0.39, 0.29) is 29.5 Å². The van der Waals surface area contributed by atoms with E-state index in [9.17, 15) is 23.2 Å². The Balaban J connectivity index is 1.49. The molecule has 32 heavy (non-hydrogen) atoms. The predicted octanol–water partition coefficient (Wildman–Crippen LogP) is 3.03. The molecule has 0 radical (unpaired) electrons. The van der Waals surface area contributed by atoms with Gasteiger partial charge < -0.3 is 14.8 Å². The van der Waals surface area contributed by atoms with Gasteiger partial charge in [-0.2, -0.15) is 23.4 Å². The quantitative estimate of drug-likeness (QED) is 0.639. The number of rotatable bonds is 5. The van der Waals surface area contributed by atoms with Crippen LogP contribution in [0.15, 0.2) is 35.4 Å². The first kappa shape index (κ1) is 21.1. The molecule has 4 rings (SSSR count). The second-order valence-corrected chi connectivity index (χ2v) is 6.82. The molecule has 164 valence electrons. The Hall–Kier alpha value is -4.14. The van der Waals surface area contributed by atoms with Crippen molar-refractivity contribution in [3.63, 3.8) is 0 Å². The van der Waals surface area contributed by atoms with E-state index in [0.29, 0.717) is 30.0 Å². The highest BCUT2D eigenvalue weighted by atomic mass is 19.4. The summed E-state index contributed by atoms with van der Waals surface area (Å²) in [7, 11) is 0. The van der Waals surface area contributed by atoms with Crippen molar-refractivity contribution >= 4 is 5.82 Å². The van der Waals surface area contributed by atoms with E-state index in [1.54, 1.807) is 13.0 Å². The van der Waals surface area contributed by atoms with E-state index < -0.39 is 17.7 Å². The average Bonchev–Trinajstić information content (AvgIpc) is 3.27. The molecular formula is C20H15F3N6O3. The first-order chi connectivity index (χ1) is 15.3. The number of nitrogens with zero attached hydrogens (tertiary/aromatic N) is 5. The van der Waals surface area contributed by atoms with Crippen LogP contribution < -0.4 is 20.5 Å². The maximum Gasteiger partial charge on any atom is 0.451 e. The average molecular weight is 444 g/mol. The molecule has 0 spiro atoms. The number of ether oxygens (including phenoxy) is 2. The van der Waals surface area contributed by atoms with Gasteiger partial charge >= 0.3 is 11.9 Å². The van der Waals surface area contributed by atoms with Crippen molar-refractivity contribution in [3.05, 3.63) is 63.6 Å². The lowest BCUT2D eigenvalue weighted by Crippen LogP contribution is -2.22. The van der Waals surface area contributed by atoms with Gasteiger partial charge in [-0.15, -0.1) is 0 Å². The van der Waals surface area contributed by atoms with Crippen molar-refractivity contribution in [1.82, 2.24) is 19.5 Å². The highest BCUT2D eigenvalue weighted by Crippen LogP contribution is 2.29. The monoisotopic (exact) mass is 444 g/mol. The minimum atomic E-state index is -4.66. The van der Waals surface area contributed by atoms with Gasteiger partial charge in [-0.3, -0.25) is 4.57 Å². The van der Waals surface area contributed by atoms with Crippen LogP contribution in [0, 0.1) is 18.3 Å². The Labute approximate surface area is 179 Å². The van der Waals surface area contributed by atoms with Crippen LogP contribution in [0.2, 0.25) is 0 Å². The molecule has 3 aromatic rings. The number of alkyl halides is 3. The summed E-state index contributed by atoms with van der Waals surface area (Å²) in [5, 5.41) is 12.5. The zero-order chi connectivity index (χ0) is 22.9. The molecule has 1 aromatic carbocycles. The van der Waals surface area contributed by atoms with E-state index >= 15 is 0 Å². The zero-order valence-electron chi connectivity index (χ0n) is 16.6. The third-order valence-electron chi connectivity index (χ3n) is 4.65. The molecule has 0 bridgehead atoms. The largest absolute Gasteiger partial charge is 0.472 e. The van der Waals surface area contributed by atoms with Gasteiger partial charge in [0.1, 0.15) is 24.2 Å². The molecule has 1 aliphatic rings. The predicted molar refractivity (Wildman–Crippen MR) is 104 cm³/mol. The van der Waals surface area contributed by atoms with Gasteiger partial charge in [0.25, 0.3) is 0 Å². The molecule has 2 aromatic heterocycles. The fourth-order valence-corrected chi connectivity index (χ4v) is 3.13. The van der Waals surface area contributed by atoms with Crippen molar-refractivity contribution in [3.8, 4) is 23.4 Å². The van der Waals surface area contributed by atoms with E-state index in [4.69, 9.17) is 9.47 Å². The maximum atomic E-state index is 12.6. The van der Waals surface area contributed by atoms with Crippen LogP contribution >= 0.6 is 0 Å². The number of fused-ring (bicyclic) bond motifs is 1. The number of anilines is 1. The Bertz CT molecular complexity index is 1270. The molecule has 0 saturated heterocycles. The molecule has 0 aliphatic carbocycles. The number of aromatic nitrogens is 4. The first-order valence-electron chi connectivity index (χ1n) is 9.34. The molecule has 0 amide bonds. The number of hydrogen-bond donors (Lipinski definition) is 1. The van der Waals surface area contributed by atoms with Crippen LogP contribution in [0.5, 0.6) is 17.4 Å². The summed E-state index contributed by atoms with van der Waals surface area (Å²) >= 11 is 0. The summed E-state index contributed by atoms with van der Waals surface area (Å²) in [5.74, 6) is -0.363. The Morgan fingerprint density at radius 2 is 2.03 bits per heavy atom. The van der Waals surface area contributed by atoms with Crippen LogP contribution in [0.25, 0.3) is 0 Å². The second-order valence-electron chi connectivity index (χ2n) is 6.82. The molecule has 0 fully saturated rings. The van der Waals surface area contributed by atoms with E-state index in [1.807, 2.05) is 6.07 Å². The van der Waals surface area contributed by atoms with E-state index in [1.165, 1.54) is 16.7 Å². The lowest BCUT2D eigenvalue weighted by molar-refractivity contribution is -0.145. The summed E-state index contributed by atoms with van der Waals surface area (Å²) in [6.45, 7) is 3.00. The van der Waals surface area contributed by atoms with Crippen molar-refractivity contribution in [2.45, 2.75) is 26.3 Å². The smallest absolute Gasteiger partial charge is 0.451 e. The topological polar surface area (TPSA) is 115 Å². The summed E-state index contributed by atoms with van der Waals surface area (Å²) in [6.07, 6.45) is -2.91. The molecule has 0 atom stereocenters. The summed E-state index contributed by atoms with van der Waals surface area (Å²) < 4.78 is 50.4. The minimum absolute atomic E-state index is 0.0368. The molecule has 12 heteroatoms. The lowest BCUT2D eigenvalue weighted by atomic mass is 10.1. The second kappa shape index (κ2) is 8.18. The van der Waals surface area contributed by atoms with Crippen molar-refractivity contribution < 1.29 is 22.6 Å². The van der Waals surface area contributed by atoms with Crippen LogP contribution in [0.3, 0.4) is 0 Å². The zero-order valence-corrected chi connectivity index (χ0v) is 16.6. The molecule has 1 N–H and O–H groups in total. The highest BCUT2D eigenvalue weighted by Gasteiger charge is 2.34. The van der Waals surface area contributed by atoms with Crippen LogP contribution in [0.1, 0.15) is 22.5 Å². The minimum Gasteiger partial charge on any atom is -0.472 e. The number of hydrogen-bond acceptors (Lipinski definition) is 8. The lowest BCUT2D eigenvalue weighted by Gasteiger charge is -2.13. The summed E-state index contributed by atoms with van der Waals surface area (Å²) in [5.41, 5.74) is 1.02. The summed E-state index contributed by atoms with van der Waals surface area (Å²) in [4.78, 5) is 22.5. The Morgan fingerprint density at radius 3 is 2.72 bits per heavy atom. The van der Waals surface area contributed by atoms with Gasteiger partial charge in [-0.25, -0.2) is 14.8 Å². The van der Waals surface area contributed by atoms with Crippen LogP contribution in [-0.4, -0.2) is 26.1 Å².